The Morgan fingerprint density at radius 3 is 2.50 bits per heavy atom. The van der Waals surface area contributed by atoms with Gasteiger partial charge in [-0.1, -0.05) is 17.3 Å². The molecule has 1 atom stereocenters. The summed E-state index contributed by atoms with van der Waals surface area (Å²) < 4.78 is 25.1. The highest BCUT2D eigenvalue weighted by Gasteiger charge is 2.45. The molecular formula is C23H17FN2O4. The minimum absolute atomic E-state index is 0.0642. The van der Waals surface area contributed by atoms with Crippen molar-refractivity contribution in [1.29, 1.82) is 0 Å². The molecule has 7 heteroatoms. The summed E-state index contributed by atoms with van der Waals surface area (Å²) in [7, 11) is 0. The van der Waals surface area contributed by atoms with Gasteiger partial charge in [0.2, 0.25) is 5.76 Å². The van der Waals surface area contributed by atoms with Gasteiger partial charge >= 0.3 is 0 Å². The van der Waals surface area contributed by atoms with E-state index in [1.165, 1.54) is 23.1 Å². The molecule has 0 spiro atoms. The fourth-order valence-electron chi connectivity index (χ4n) is 3.92. The molecule has 3 heterocycles. The van der Waals surface area contributed by atoms with Gasteiger partial charge in [-0.15, -0.1) is 0 Å². The number of hydrogen-bond donors (Lipinski definition) is 0. The van der Waals surface area contributed by atoms with Gasteiger partial charge in [-0.3, -0.25) is 14.5 Å². The minimum Gasteiger partial charge on any atom is -0.450 e. The van der Waals surface area contributed by atoms with Crippen LogP contribution in [0.25, 0.3) is 11.0 Å². The summed E-state index contributed by atoms with van der Waals surface area (Å²) in [6.45, 7) is 5.51. The van der Waals surface area contributed by atoms with Gasteiger partial charge < -0.3 is 8.94 Å². The van der Waals surface area contributed by atoms with E-state index in [9.17, 15) is 14.0 Å². The lowest BCUT2D eigenvalue weighted by Crippen LogP contribution is -2.29. The van der Waals surface area contributed by atoms with Crippen LogP contribution in [0.2, 0.25) is 0 Å². The Balaban J connectivity index is 1.84. The van der Waals surface area contributed by atoms with Gasteiger partial charge in [-0.25, -0.2) is 4.39 Å². The first-order valence-corrected chi connectivity index (χ1v) is 9.45. The Morgan fingerprint density at radius 1 is 1.03 bits per heavy atom. The summed E-state index contributed by atoms with van der Waals surface area (Å²) >= 11 is 0. The van der Waals surface area contributed by atoms with Crippen LogP contribution in [0.3, 0.4) is 0 Å². The molecule has 0 saturated heterocycles. The molecule has 0 N–H and O–H groups in total. The molecule has 1 amide bonds. The van der Waals surface area contributed by atoms with Gasteiger partial charge in [0, 0.05) is 6.07 Å². The zero-order valence-electron chi connectivity index (χ0n) is 16.5. The van der Waals surface area contributed by atoms with Crippen LogP contribution in [0.4, 0.5) is 10.2 Å². The fraction of sp³-hybridized carbons (Fsp3) is 0.174. The first-order chi connectivity index (χ1) is 14.3. The maximum Gasteiger partial charge on any atom is 0.296 e. The van der Waals surface area contributed by atoms with E-state index in [1.54, 1.807) is 31.2 Å². The maximum absolute atomic E-state index is 14.0. The van der Waals surface area contributed by atoms with Crippen LogP contribution in [-0.2, 0) is 0 Å². The molecule has 2 aromatic heterocycles. The van der Waals surface area contributed by atoms with Crippen molar-refractivity contribution in [2.75, 3.05) is 4.90 Å². The highest BCUT2D eigenvalue weighted by Crippen LogP contribution is 2.41. The first kappa shape index (κ1) is 18.3. The summed E-state index contributed by atoms with van der Waals surface area (Å²) in [6.07, 6.45) is 0. The molecular weight excluding hydrogens is 387 g/mol. The smallest absolute Gasteiger partial charge is 0.296 e. The van der Waals surface area contributed by atoms with Crippen molar-refractivity contribution in [1.82, 2.24) is 5.16 Å². The van der Waals surface area contributed by atoms with Gasteiger partial charge in [0.1, 0.15) is 17.2 Å². The summed E-state index contributed by atoms with van der Waals surface area (Å²) in [4.78, 5) is 28.2. The molecule has 150 valence electrons. The molecule has 0 saturated carbocycles. The number of rotatable bonds is 2. The molecule has 0 bridgehead atoms. The van der Waals surface area contributed by atoms with E-state index in [0.29, 0.717) is 22.3 Å². The van der Waals surface area contributed by atoms with E-state index in [4.69, 9.17) is 8.94 Å². The molecule has 1 aliphatic heterocycles. The summed E-state index contributed by atoms with van der Waals surface area (Å²) in [6, 6.07) is 10.0. The molecule has 0 fully saturated rings. The monoisotopic (exact) mass is 404 g/mol. The second kappa shape index (κ2) is 6.38. The van der Waals surface area contributed by atoms with Crippen molar-refractivity contribution in [2.24, 2.45) is 0 Å². The van der Waals surface area contributed by atoms with Crippen LogP contribution >= 0.6 is 0 Å². The lowest BCUT2D eigenvalue weighted by Gasteiger charge is -2.22. The molecule has 1 aliphatic rings. The average molecular weight is 404 g/mol. The number of nitrogens with zero attached hydrogens (tertiary/aromatic N) is 2. The average Bonchev–Trinajstić information content (AvgIpc) is 3.25. The second-order valence-electron chi connectivity index (χ2n) is 7.54. The Morgan fingerprint density at radius 2 is 1.80 bits per heavy atom. The van der Waals surface area contributed by atoms with Crippen LogP contribution < -0.4 is 10.3 Å². The highest BCUT2D eigenvalue weighted by molar-refractivity contribution is 6.10. The second-order valence-corrected chi connectivity index (χ2v) is 7.54. The Kier molecular flexibility index (Phi) is 3.89. The van der Waals surface area contributed by atoms with Crippen LogP contribution in [0.15, 0.2) is 56.2 Å². The predicted molar refractivity (Wildman–Crippen MR) is 108 cm³/mol. The van der Waals surface area contributed by atoms with E-state index in [1.807, 2.05) is 13.8 Å². The largest absolute Gasteiger partial charge is 0.450 e. The number of aryl methyl sites for hydroxylation is 3. The number of amides is 1. The van der Waals surface area contributed by atoms with Crippen LogP contribution in [-0.4, -0.2) is 11.1 Å². The van der Waals surface area contributed by atoms with Crippen molar-refractivity contribution in [3.05, 3.63) is 92.3 Å². The molecule has 4 aromatic rings. The number of halogens is 1. The van der Waals surface area contributed by atoms with Crippen LogP contribution in [0, 0.1) is 26.6 Å². The number of carbonyl (C=O) groups is 1. The van der Waals surface area contributed by atoms with E-state index >= 15 is 0 Å². The number of benzene rings is 2. The number of aromatic nitrogens is 1. The third-order valence-electron chi connectivity index (χ3n) is 5.51. The number of hydrogen-bond acceptors (Lipinski definition) is 5. The van der Waals surface area contributed by atoms with Crippen molar-refractivity contribution in [2.45, 2.75) is 26.8 Å². The van der Waals surface area contributed by atoms with Gasteiger partial charge in [-0.05, 0) is 61.7 Å². The molecule has 0 aliphatic carbocycles. The number of fused-ring (bicyclic) bond motifs is 2. The fourth-order valence-corrected chi connectivity index (χ4v) is 3.92. The molecule has 0 radical (unpaired) electrons. The highest BCUT2D eigenvalue weighted by atomic mass is 19.1. The topological polar surface area (TPSA) is 76.6 Å². The third kappa shape index (κ3) is 2.58. The third-order valence-corrected chi connectivity index (χ3v) is 5.51. The SMILES string of the molecule is Cc1cc(N2C(=O)c3oc4cc(C)c(C)cc4c(=O)c3C2c2cccc(F)c2)no1. The number of anilines is 1. The van der Waals surface area contributed by atoms with Crippen molar-refractivity contribution in [3.8, 4) is 0 Å². The van der Waals surface area contributed by atoms with E-state index < -0.39 is 17.8 Å². The maximum atomic E-state index is 14.0. The van der Waals surface area contributed by atoms with Gasteiger partial charge in [0.15, 0.2) is 11.2 Å². The molecule has 2 aromatic carbocycles. The zero-order chi connectivity index (χ0) is 21.2. The molecule has 30 heavy (non-hydrogen) atoms. The zero-order valence-corrected chi connectivity index (χ0v) is 16.5. The summed E-state index contributed by atoms with van der Waals surface area (Å²) in [5.74, 6) is -0.326. The van der Waals surface area contributed by atoms with E-state index in [2.05, 4.69) is 5.16 Å². The van der Waals surface area contributed by atoms with Crippen molar-refractivity contribution < 1.29 is 18.1 Å². The van der Waals surface area contributed by atoms with Gasteiger partial charge in [0.05, 0.1) is 17.0 Å². The van der Waals surface area contributed by atoms with Gasteiger partial charge in [-0.2, -0.15) is 0 Å². The van der Waals surface area contributed by atoms with E-state index in [0.717, 1.165) is 11.1 Å². The lowest BCUT2D eigenvalue weighted by atomic mass is 9.97. The number of carbonyl (C=O) groups excluding carboxylic acids is 1. The molecule has 1 unspecified atom stereocenters. The van der Waals surface area contributed by atoms with Crippen LogP contribution in [0.5, 0.6) is 0 Å². The minimum atomic E-state index is -0.880. The Hall–Kier alpha value is -3.74. The molecule has 6 nitrogen and oxygen atoms in total. The van der Waals surface area contributed by atoms with E-state index in [-0.39, 0.29) is 22.6 Å². The normalized spacial score (nSPS) is 15.8. The Bertz CT molecular complexity index is 1400. The van der Waals surface area contributed by atoms with Crippen molar-refractivity contribution >= 4 is 22.7 Å². The first-order valence-electron chi connectivity index (χ1n) is 9.45. The van der Waals surface area contributed by atoms with Crippen molar-refractivity contribution in [3.63, 3.8) is 0 Å². The quantitative estimate of drug-likeness (QED) is 0.488. The van der Waals surface area contributed by atoms with Gasteiger partial charge in [0.25, 0.3) is 5.91 Å². The predicted octanol–water partition coefficient (Wildman–Crippen LogP) is 4.60. The summed E-state index contributed by atoms with van der Waals surface area (Å²) in [5.41, 5.74) is 2.51. The standard InChI is InChI=1S/C23H17FN2O4/c1-11-7-16-17(8-12(11)2)29-22-19(21(16)27)20(14-5-4-6-15(24)10-14)26(23(22)28)18-9-13(3)30-25-18/h4-10,20H,1-3H3. The Labute approximate surface area is 170 Å². The molecule has 5 rings (SSSR count). The lowest BCUT2D eigenvalue weighted by molar-refractivity contribution is 0.0969. The summed E-state index contributed by atoms with van der Waals surface area (Å²) in [5, 5.41) is 4.33. The van der Waals surface area contributed by atoms with Crippen LogP contribution in [0.1, 0.15) is 44.6 Å².